The molecule has 52 heavy (non-hydrogen) atoms. The first-order valence-corrected chi connectivity index (χ1v) is 19.9. The number of carbonyl (C=O) groups is 2. The molecule has 298 valence electrons. The Balaban J connectivity index is 0.00000358. The Kier molecular flexibility index (Phi) is 18.8. The molecule has 4 heterocycles. The van der Waals surface area contributed by atoms with Crippen LogP contribution in [0, 0.1) is 5.41 Å². The zero-order valence-corrected chi connectivity index (χ0v) is 32.8. The van der Waals surface area contributed by atoms with Gasteiger partial charge in [-0.05, 0) is 69.4 Å². The van der Waals surface area contributed by atoms with Gasteiger partial charge < -0.3 is 43.4 Å². The Morgan fingerprint density at radius 2 is 1.69 bits per heavy atom. The first kappa shape index (κ1) is 44.1. The maximum absolute atomic E-state index is 13.3. The molecule has 0 spiro atoms. The number of unbranched alkanes of at least 4 members (excludes halogenated alkanes) is 4. The minimum absolute atomic E-state index is 0.0431. The third-order valence-electron chi connectivity index (χ3n) is 10.4. The van der Waals surface area contributed by atoms with Crippen LogP contribution >= 0.6 is 0 Å². The third kappa shape index (κ3) is 13.2. The fraction of sp³-hybridized carbons (Fsp3) is 0.805. The number of carbonyl (C=O) groups excluding carboxylic acids is 2. The standard InChI is InChI=1S/C39H62O11.C2H6/c1-6-7-8-9-10-17-34(41)49-37-28(23-35(42)44-5)22-32-25-33(26-40)46-27(2)13-11-14-29-15-12-16-30(47-29)24-31-19-21-45-36(48-31)18-20-38(3,4)39(37,43)50-32;1-2/h18,20,23,29-33,36-37,40,43H,2,6-17,19,21-22,24-26H2,1,3-5H3;1-2H3/b20-18+,28-23+;/t29-,30-,31+,32+,33-,36+,37+,39-;/m1./s1. The molecule has 0 aromatic heterocycles. The smallest absolute Gasteiger partial charge is 0.330 e. The van der Waals surface area contributed by atoms with Crippen molar-refractivity contribution in [2.75, 3.05) is 20.3 Å². The molecule has 0 aromatic rings. The highest BCUT2D eigenvalue weighted by Gasteiger charge is 2.57. The fourth-order valence-corrected chi connectivity index (χ4v) is 7.42. The van der Waals surface area contributed by atoms with Gasteiger partial charge in [-0.2, -0.15) is 0 Å². The van der Waals surface area contributed by atoms with Crippen LogP contribution in [0.15, 0.2) is 36.1 Å². The van der Waals surface area contributed by atoms with Crippen molar-refractivity contribution in [1.29, 1.82) is 0 Å². The van der Waals surface area contributed by atoms with Gasteiger partial charge >= 0.3 is 11.9 Å². The summed E-state index contributed by atoms with van der Waals surface area (Å²) < 4.78 is 42.5. The summed E-state index contributed by atoms with van der Waals surface area (Å²) in [6.07, 6.45) is 13.9. The second-order valence-corrected chi connectivity index (χ2v) is 14.9. The van der Waals surface area contributed by atoms with Crippen molar-refractivity contribution < 1.29 is 53.0 Å². The molecule has 0 amide bonds. The summed E-state index contributed by atoms with van der Waals surface area (Å²) in [5.41, 5.74) is -0.849. The Morgan fingerprint density at radius 3 is 2.42 bits per heavy atom. The Hall–Kier alpha value is -2.28. The SMILES string of the molecule is C=C1CCC[C@@H]2CCC[C@H](C[C@@H]3CCO[C@H](/C=C/C(C)(C)[C@]4(O)O[C@@H](C/C(=C\C(=O)OC)[C@@H]4OC(=O)CCCCCCC)C[C@H](CO)O1)O3)O2.CC. The van der Waals surface area contributed by atoms with E-state index in [4.69, 9.17) is 33.2 Å². The van der Waals surface area contributed by atoms with E-state index in [1.807, 2.05) is 13.8 Å². The van der Waals surface area contributed by atoms with Gasteiger partial charge in [-0.3, -0.25) is 4.79 Å². The summed E-state index contributed by atoms with van der Waals surface area (Å²) >= 11 is 0. The number of rotatable bonds is 9. The summed E-state index contributed by atoms with van der Waals surface area (Å²) in [6.45, 7) is 14.0. The summed E-state index contributed by atoms with van der Waals surface area (Å²) in [5, 5.41) is 23.0. The van der Waals surface area contributed by atoms with E-state index < -0.39 is 47.7 Å². The molecule has 0 aromatic carbocycles. The van der Waals surface area contributed by atoms with Gasteiger partial charge in [0, 0.05) is 30.8 Å². The normalized spacial score (nSPS) is 34.1. The van der Waals surface area contributed by atoms with Crippen molar-refractivity contribution >= 4 is 11.9 Å². The van der Waals surface area contributed by atoms with Crippen LogP contribution in [0.25, 0.3) is 0 Å². The van der Waals surface area contributed by atoms with Crippen LogP contribution in [-0.2, 0) is 42.7 Å². The number of esters is 2. The summed E-state index contributed by atoms with van der Waals surface area (Å²) in [4.78, 5) is 26.0. The van der Waals surface area contributed by atoms with Crippen molar-refractivity contribution in [3.05, 3.63) is 36.1 Å². The maximum Gasteiger partial charge on any atom is 0.330 e. The van der Waals surface area contributed by atoms with Crippen LogP contribution in [0.1, 0.15) is 137 Å². The van der Waals surface area contributed by atoms with Crippen molar-refractivity contribution in [2.45, 2.75) is 186 Å². The number of fused-ring (bicyclic) bond motifs is 6. The summed E-state index contributed by atoms with van der Waals surface area (Å²) in [5.74, 6) is -2.73. The Labute approximate surface area is 312 Å². The maximum atomic E-state index is 13.3. The predicted molar refractivity (Wildman–Crippen MR) is 198 cm³/mol. The molecule has 0 saturated carbocycles. The van der Waals surface area contributed by atoms with Crippen LogP contribution < -0.4 is 0 Å². The van der Waals surface area contributed by atoms with Crippen LogP contribution in [0.5, 0.6) is 0 Å². The van der Waals surface area contributed by atoms with Crippen molar-refractivity contribution in [3.8, 4) is 0 Å². The van der Waals surface area contributed by atoms with Gasteiger partial charge in [0.05, 0.1) is 50.5 Å². The molecule has 11 nitrogen and oxygen atoms in total. The van der Waals surface area contributed by atoms with Crippen LogP contribution in [0.3, 0.4) is 0 Å². The molecule has 4 aliphatic heterocycles. The number of ether oxygens (including phenoxy) is 7. The fourth-order valence-electron chi connectivity index (χ4n) is 7.42. The lowest BCUT2D eigenvalue weighted by atomic mass is 9.74. The summed E-state index contributed by atoms with van der Waals surface area (Å²) in [6, 6.07) is 0. The van der Waals surface area contributed by atoms with Crippen LogP contribution in [0.2, 0.25) is 0 Å². The third-order valence-corrected chi connectivity index (χ3v) is 10.4. The molecule has 0 aliphatic carbocycles. The lowest BCUT2D eigenvalue weighted by Crippen LogP contribution is -2.62. The molecule has 3 saturated heterocycles. The molecule has 4 rings (SSSR count). The Morgan fingerprint density at radius 1 is 0.981 bits per heavy atom. The molecular weight excluding hydrogens is 668 g/mol. The minimum atomic E-state index is -2.14. The average molecular weight is 737 g/mol. The number of hydrogen-bond donors (Lipinski definition) is 2. The first-order valence-electron chi connectivity index (χ1n) is 19.9. The second kappa shape index (κ2) is 22.2. The van der Waals surface area contributed by atoms with Gasteiger partial charge in [0.1, 0.15) is 6.10 Å². The second-order valence-electron chi connectivity index (χ2n) is 14.9. The number of aliphatic hydroxyl groups excluding tert-OH is 1. The lowest BCUT2D eigenvalue weighted by molar-refractivity contribution is -0.327. The van der Waals surface area contributed by atoms with E-state index in [9.17, 15) is 19.8 Å². The van der Waals surface area contributed by atoms with E-state index in [1.54, 1.807) is 26.0 Å². The number of allylic oxidation sites excluding steroid dienone is 1. The molecule has 4 aliphatic rings. The van der Waals surface area contributed by atoms with Gasteiger partial charge in [-0.25, -0.2) is 4.79 Å². The number of methoxy groups -OCH3 is 1. The monoisotopic (exact) mass is 736 g/mol. The zero-order chi connectivity index (χ0) is 38.1. The van der Waals surface area contributed by atoms with E-state index in [2.05, 4.69) is 13.5 Å². The highest BCUT2D eigenvalue weighted by molar-refractivity contribution is 5.83. The molecule has 8 atom stereocenters. The predicted octanol–water partition coefficient (Wildman–Crippen LogP) is 7.37. The van der Waals surface area contributed by atoms with E-state index >= 15 is 0 Å². The van der Waals surface area contributed by atoms with E-state index in [1.165, 1.54) is 13.2 Å². The molecule has 0 unspecified atom stereocenters. The van der Waals surface area contributed by atoms with Gasteiger partial charge in [0.25, 0.3) is 0 Å². The molecule has 11 heteroatoms. The van der Waals surface area contributed by atoms with Crippen molar-refractivity contribution in [3.63, 3.8) is 0 Å². The van der Waals surface area contributed by atoms with Gasteiger partial charge in [0.2, 0.25) is 5.79 Å². The van der Waals surface area contributed by atoms with Crippen LogP contribution in [-0.4, -0.2) is 91.2 Å². The molecule has 2 N–H and O–H groups in total. The average Bonchev–Trinajstić information content (AvgIpc) is 3.12. The molecular formula is C41H68O11. The quantitative estimate of drug-likeness (QED) is 0.106. The highest BCUT2D eigenvalue weighted by atomic mass is 16.7. The highest BCUT2D eigenvalue weighted by Crippen LogP contribution is 2.47. The topological polar surface area (TPSA) is 139 Å². The van der Waals surface area contributed by atoms with E-state index in [-0.39, 0.29) is 44.2 Å². The number of hydrogen-bond acceptors (Lipinski definition) is 11. The van der Waals surface area contributed by atoms with E-state index in [0.717, 1.165) is 70.6 Å². The van der Waals surface area contributed by atoms with Crippen LogP contribution in [0.4, 0.5) is 0 Å². The number of aliphatic hydroxyl groups is 2. The van der Waals surface area contributed by atoms with E-state index in [0.29, 0.717) is 30.8 Å². The van der Waals surface area contributed by atoms with Crippen molar-refractivity contribution in [1.82, 2.24) is 0 Å². The van der Waals surface area contributed by atoms with Gasteiger partial charge in [0.15, 0.2) is 12.4 Å². The zero-order valence-electron chi connectivity index (χ0n) is 32.8. The molecule has 0 radical (unpaired) electrons. The largest absolute Gasteiger partial charge is 0.493 e. The van der Waals surface area contributed by atoms with Gasteiger partial charge in [-0.15, -0.1) is 0 Å². The first-order chi connectivity index (χ1) is 25.0. The van der Waals surface area contributed by atoms with Gasteiger partial charge in [-0.1, -0.05) is 73.0 Å². The lowest BCUT2D eigenvalue weighted by Gasteiger charge is -2.51. The molecule has 3 fully saturated rings. The molecule has 6 bridgehead atoms. The summed E-state index contributed by atoms with van der Waals surface area (Å²) in [7, 11) is 1.27. The minimum Gasteiger partial charge on any atom is -0.493 e. The van der Waals surface area contributed by atoms with Crippen molar-refractivity contribution in [2.24, 2.45) is 5.41 Å². The Bertz CT molecular complexity index is 1170.